The highest BCUT2D eigenvalue weighted by Crippen LogP contribution is 2.19. The third-order valence-corrected chi connectivity index (χ3v) is 2.71. The monoisotopic (exact) mass is 186 g/mol. The van der Waals surface area contributed by atoms with E-state index in [9.17, 15) is 0 Å². The Labute approximate surface area is 77.0 Å². The first kappa shape index (κ1) is 8.95. The van der Waals surface area contributed by atoms with Gasteiger partial charge >= 0.3 is 0 Å². The second-order valence-electron chi connectivity index (χ2n) is 2.43. The van der Waals surface area contributed by atoms with E-state index in [1.165, 1.54) is 16.0 Å². The Balaban J connectivity index is 2.99. The van der Waals surface area contributed by atoms with Crippen LogP contribution < -0.4 is 0 Å². The number of thioether (sulfide) groups is 1. The standard InChI is InChI=1S/C9H11ClS/c1-7-5-9(11-2)4-3-8(7)6-10/h3-5H,6H2,1-2H3. The van der Waals surface area contributed by atoms with Crippen LogP contribution in [0.5, 0.6) is 0 Å². The summed E-state index contributed by atoms with van der Waals surface area (Å²) < 4.78 is 0. The first-order chi connectivity index (χ1) is 5.27. The van der Waals surface area contributed by atoms with Gasteiger partial charge in [0, 0.05) is 10.8 Å². The van der Waals surface area contributed by atoms with Crippen LogP contribution in [0, 0.1) is 6.92 Å². The maximum atomic E-state index is 5.72. The Hall–Kier alpha value is -0.140. The third kappa shape index (κ3) is 2.14. The normalized spacial score (nSPS) is 10.1. The lowest BCUT2D eigenvalue weighted by Crippen LogP contribution is -1.84. The Morgan fingerprint density at radius 2 is 2.18 bits per heavy atom. The van der Waals surface area contributed by atoms with E-state index in [0.29, 0.717) is 5.88 Å². The van der Waals surface area contributed by atoms with E-state index in [0.717, 1.165) is 0 Å². The molecule has 0 aliphatic carbocycles. The fourth-order valence-electron chi connectivity index (χ4n) is 0.945. The molecule has 0 spiro atoms. The lowest BCUT2D eigenvalue weighted by molar-refractivity contribution is 1.25. The van der Waals surface area contributed by atoms with E-state index < -0.39 is 0 Å². The number of benzene rings is 1. The molecule has 0 nitrogen and oxygen atoms in total. The summed E-state index contributed by atoms with van der Waals surface area (Å²) in [7, 11) is 0. The highest BCUT2D eigenvalue weighted by Gasteiger charge is 1.96. The summed E-state index contributed by atoms with van der Waals surface area (Å²) in [5, 5.41) is 0. The number of hydrogen-bond acceptors (Lipinski definition) is 1. The summed E-state index contributed by atoms with van der Waals surface area (Å²) in [6, 6.07) is 6.37. The maximum absolute atomic E-state index is 5.72. The fraction of sp³-hybridized carbons (Fsp3) is 0.333. The molecule has 0 radical (unpaired) electrons. The van der Waals surface area contributed by atoms with Gasteiger partial charge in [0.2, 0.25) is 0 Å². The molecule has 0 amide bonds. The van der Waals surface area contributed by atoms with Crippen LogP contribution in [0.2, 0.25) is 0 Å². The summed E-state index contributed by atoms with van der Waals surface area (Å²) in [6.07, 6.45) is 2.08. The molecule has 1 rings (SSSR count). The molecule has 0 N–H and O–H groups in total. The zero-order valence-corrected chi connectivity index (χ0v) is 8.30. The van der Waals surface area contributed by atoms with Gasteiger partial charge in [0.1, 0.15) is 0 Å². The predicted octanol–water partition coefficient (Wildman–Crippen LogP) is 3.46. The SMILES string of the molecule is CSc1ccc(CCl)c(C)c1. The molecular formula is C9H11ClS. The molecule has 0 unspecified atom stereocenters. The van der Waals surface area contributed by atoms with Gasteiger partial charge in [-0.1, -0.05) is 6.07 Å². The van der Waals surface area contributed by atoms with Gasteiger partial charge in [-0.15, -0.1) is 23.4 Å². The van der Waals surface area contributed by atoms with Crippen molar-refractivity contribution in [3.63, 3.8) is 0 Å². The maximum Gasteiger partial charge on any atom is 0.0476 e. The average molecular weight is 187 g/mol. The first-order valence-corrected chi connectivity index (χ1v) is 5.23. The van der Waals surface area contributed by atoms with Crippen molar-refractivity contribution >= 4 is 23.4 Å². The molecule has 60 valence electrons. The van der Waals surface area contributed by atoms with E-state index in [-0.39, 0.29) is 0 Å². The van der Waals surface area contributed by atoms with E-state index in [1.54, 1.807) is 11.8 Å². The number of aryl methyl sites for hydroxylation is 1. The molecule has 0 bridgehead atoms. The third-order valence-electron chi connectivity index (χ3n) is 1.69. The highest BCUT2D eigenvalue weighted by molar-refractivity contribution is 7.98. The Bertz CT molecular complexity index is 245. The van der Waals surface area contributed by atoms with Crippen LogP contribution in [0.15, 0.2) is 23.1 Å². The second-order valence-corrected chi connectivity index (χ2v) is 3.57. The van der Waals surface area contributed by atoms with Crippen LogP contribution in [0.4, 0.5) is 0 Å². The van der Waals surface area contributed by atoms with Crippen molar-refractivity contribution in [2.24, 2.45) is 0 Å². The zero-order valence-electron chi connectivity index (χ0n) is 6.73. The van der Waals surface area contributed by atoms with Gasteiger partial charge in [-0.3, -0.25) is 0 Å². The average Bonchev–Trinajstić information content (AvgIpc) is 2.04. The molecule has 0 aliphatic rings. The molecular weight excluding hydrogens is 176 g/mol. The Kier molecular flexibility index (Phi) is 3.28. The topological polar surface area (TPSA) is 0 Å². The molecule has 0 atom stereocenters. The van der Waals surface area contributed by atoms with Crippen LogP contribution in [0.3, 0.4) is 0 Å². The van der Waals surface area contributed by atoms with Crippen LogP contribution in [-0.4, -0.2) is 6.26 Å². The molecule has 0 aliphatic heterocycles. The Morgan fingerprint density at radius 1 is 1.45 bits per heavy atom. The summed E-state index contributed by atoms with van der Waals surface area (Å²) in [4.78, 5) is 1.30. The molecule has 0 saturated carbocycles. The summed E-state index contributed by atoms with van der Waals surface area (Å²) >= 11 is 7.48. The van der Waals surface area contributed by atoms with Gasteiger partial charge in [-0.2, -0.15) is 0 Å². The lowest BCUT2D eigenvalue weighted by atomic mass is 10.1. The largest absolute Gasteiger partial charge is 0.130 e. The Morgan fingerprint density at radius 3 is 2.64 bits per heavy atom. The number of rotatable bonds is 2. The predicted molar refractivity (Wildman–Crippen MR) is 52.5 cm³/mol. The van der Waals surface area contributed by atoms with Gasteiger partial charge in [0.25, 0.3) is 0 Å². The van der Waals surface area contributed by atoms with Crippen molar-refractivity contribution < 1.29 is 0 Å². The van der Waals surface area contributed by atoms with Crippen molar-refractivity contribution in [1.82, 2.24) is 0 Å². The summed E-state index contributed by atoms with van der Waals surface area (Å²) in [5.41, 5.74) is 2.51. The summed E-state index contributed by atoms with van der Waals surface area (Å²) in [5.74, 6) is 0.612. The molecule has 0 fully saturated rings. The van der Waals surface area contributed by atoms with Gasteiger partial charge in [-0.05, 0) is 36.4 Å². The summed E-state index contributed by atoms with van der Waals surface area (Å²) in [6.45, 7) is 2.09. The van der Waals surface area contributed by atoms with Crippen LogP contribution in [-0.2, 0) is 5.88 Å². The van der Waals surface area contributed by atoms with Crippen molar-refractivity contribution in [1.29, 1.82) is 0 Å². The van der Waals surface area contributed by atoms with Crippen molar-refractivity contribution in [2.75, 3.05) is 6.26 Å². The quantitative estimate of drug-likeness (QED) is 0.504. The highest BCUT2D eigenvalue weighted by atomic mass is 35.5. The van der Waals surface area contributed by atoms with Crippen LogP contribution >= 0.6 is 23.4 Å². The molecule has 0 aromatic heterocycles. The van der Waals surface area contributed by atoms with E-state index >= 15 is 0 Å². The van der Waals surface area contributed by atoms with Gasteiger partial charge < -0.3 is 0 Å². The second kappa shape index (κ2) is 4.03. The minimum Gasteiger partial charge on any atom is -0.130 e. The molecule has 2 heteroatoms. The molecule has 1 aromatic rings. The van der Waals surface area contributed by atoms with Crippen LogP contribution in [0.1, 0.15) is 11.1 Å². The number of hydrogen-bond donors (Lipinski definition) is 0. The fourth-order valence-corrected chi connectivity index (χ4v) is 1.74. The lowest BCUT2D eigenvalue weighted by Gasteiger charge is -2.02. The molecule has 0 heterocycles. The minimum atomic E-state index is 0.612. The van der Waals surface area contributed by atoms with Gasteiger partial charge in [0.15, 0.2) is 0 Å². The van der Waals surface area contributed by atoms with Crippen LogP contribution in [0.25, 0.3) is 0 Å². The number of alkyl halides is 1. The van der Waals surface area contributed by atoms with E-state index in [2.05, 4.69) is 31.4 Å². The van der Waals surface area contributed by atoms with Crippen molar-refractivity contribution in [3.8, 4) is 0 Å². The van der Waals surface area contributed by atoms with E-state index in [1.807, 2.05) is 0 Å². The van der Waals surface area contributed by atoms with Gasteiger partial charge in [0.05, 0.1) is 0 Å². The minimum absolute atomic E-state index is 0.612. The van der Waals surface area contributed by atoms with E-state index in [4.69, 9.17) is 11.6 Å². The molecule has 0 saturated heterocycles. The van der Waals surface area contributed by atoms with Crippen molar-refractivity contribution in [3.05, 3.63) is 29.3 Å². The number of halogens is 1. The molecule has 1 aromatic carbocycles. The van der Waals surface area contributed by atoms with Crippen molar-refractivity contribution in [2.45, 2.75) is 17.7 Å². The van der Waals surface area contributed by atoms with Gasteiger partial charge in [-0.25, -0.2) is 0 Å². The smallest absolute Gasteiger partial charge is 0.0476 e. The molecule has 11 heavy (non-hydrogen) atoms. The first-order valence-electron chi connectivity index (χ1n) is 3.47. The zero-order chi connectivity index (χ0) is 8.27.